The summed E-state index contributed by atoms with van der Waals surface area (Å²) in [4.78, 5) is 25.2. The minimum absolute atomic E-state index is 0.0524. The fourth-order valence-corrected chi connectivity index (χ4v) is 3.49. The van der Waals surface area contributed by atoms with E-state index in [-0.39, 0.29) is 11.9 Å². The van der Waals surface area contributed by atoms with Gasteiger partial charge in [-0.25, -0.2) is 9.97 Å². The van der Waals surface area contributed by atoms with Crippen molar-refractivity contribution in [1.82, 2.24) is 19.8 Å². The molecule has 0 aliphatic carbocycles. The molecule has 0 spiro atoms. The largest absolute Gasteiger partial charge is 0.368 e. The molecule has 1 amide bonds. The lowest BCUT2D eigenvalue weighted by molar-refractivity contribution is 0.0606. The van der Waals surface area contributed by atoms with E-state index in [1.807, 2.05) is 17.9 Å². The van der Waals surface area contributed by atoms with Crippen molar-refractivity contribution in [2.45, 2.75) is 32.2 Å². The molecule has 1 aromatic carbocycles. The Morgan fingerprint density at radius 1 is 1.31 bits per heavy atom. The van der Waals surface area contributed by atoms with Gasteiger partial charge in [-0.2, -0.15) is 0 Å². The van der Waals surface area contributed by atoms with Crippen LogP contribution < -0.4 is 5.73 Å². The number of carbonyl (C=O) groups excluding carboxylic acids is 1. The predicted molar refractivity (Wildman–Crippen MR) is 103 cm³/mol. The third-order valence-electron chi connectivity index (χ3n) is 4.99. The highest BCUT2D eigenvalue weighted by Crippen LogP contribution is 2.18. The second-order valence-corrected chi connectivity index (χ2v) is 7.02. The zero-order chi connectivity index (χ0) is 18.5. The van der Waals surface area contributed by atoms with Crippen molar-refractivity contribution in [2.75, 3.05) is 32.4 Å². The van der Waals surface area contributed by atoms with Crippen molar-refractivity contribution in [3.63, 3.8) is 0 Å². The van der Waals surface area contributed by atoms with Crippen molar-refractivity contribution in [2.24, 2.45) is 0 Å². The molecule has 0 saturated carbocycles. The number of carbonyl (C=O) groups is 1. The maximum Gasteiger partial charge on any atom is 0.272 e. The second-order valence-electron chi connectivity index (χ2n) is 7.02. The summed E-state index contributed by atoms with van der Waals surface area (Å²) in [6.07, 6.45) is 3.13. The van der Waals surface area contributed by atoms with Crippen LogP contribution in [0.25, 0.3) is 0 Å². The van der Waals surface area contributed by atoms with Gasteiger partial charge in [0.15, 0.2) is 0 Å². The van der Waals surface area contributed by atoms with Gasteiger partial charge in [0.2, 0.25) is 5.95 Å². The first-order valence-electron chi connectivity index (χ1n) is 9.17. The summed E-state index contributed by atoms with van der Waals surface area (Å²) >= 11 is 0. The van der Waals surface area contributed by atoms with Crippen LogP contribution >= 0.6 is 0 Å². The summed E-state index contributed by atoms with van der Waals surface area (Å²) in [7, 11) is 2.15. The number of hydrogen-bond acceptors (Lipinski definition) is 5. The molecule has 0 bridgehead atoms. The van der Waals surface area contributed by atoms with Crippen LogP contribution in [0.1, 0.15) is 34.6 Å². The summed E-state index contributed by atoms with van der Waals surface area (Å²) in [5, 5.41) is 0. The smallest absolute Gasteiger partial charge is 0.272 e. The predicted octanol–water partition coefficient (Wildman–Crippen LogP) is 2.15. The van der Waals surface area contributed by atoms with E-state index >= 15 is 0 Å². The molecular weight excluding hydrogens is 326 g/mol. The second kappa shape index (κ2) is 8.27. The van der Waals surface area contributed by atoms with Gasteiger partial charge in [-0.3, -0.25) is 4.79 Å². The molecule has 6 nitrogen and oxygen atoms in total. The molecule has 1 aliphatic heterocycles. The molecule has 0 radical (unpaired) electrons. The van der Waals surface area contributed by atoms with Crippen molar-refractivity contribution < 1.29 is 4.79 Å². The quantitative estimate of drug-likeness (QED) is 0.891. The number of aromatic nitrogens is 2. The van der Waals surface area contributed by atoms with Crippen LogP contribution in [0.4, 0.5) is 5.95 Å². The highest BCUT2D eigenvalue weighted by molar-refractivity contribution is 5.92. The van der Waals surface area contributed by atoms with Crippen LogP contribution in [-0.4, -0.2) is 58.4 Å². The maximum absolute atomic E-state index is 12.8. The van der Waals surface area contributed by atoms with E-state index in [1.165, 1.54) is 5.56 Å². The molecule has 1 atom stereocenters. The number of amides is 1. The third-order valence-corrected chi connectivity index (χ3v) is 4.99. The summed E-state index contributed by atoms with van der Waals surface area (Å²) in [5.41, 5.74) is 8.15. The molecule has 1 fully saturated rings. The van der Waals surface area contributed by atoms with E-state index in [0.29, 0.717) is 11.7 Å². The number of aryl methyl sites for hydroxylation is 1. The topological polar surface area (TPSA) is 75.4 Å². The molecule has 2 aromatic rings. The monoisotopic (exact) mass is 353 g/mol. The Morgan fingerprint density at radius 3 is 2.81 bits per heavy atom. The Labute approximate surface area is 155 Å². The van der Waals surface area contributed by atoms with Gasteiger partial charge < -0.3 is 15.5 Å². The average molecular weight is 353 g/mol. The minimum Gasteiger partial charge on any atom is -0.368 e. The van der Waals surface area contributed by atoms with Gasteiger partial charge >= 0.3 is 0 Å². The number of nitrogens with zero attached hydrogens (tertiary/aromatic N) is 4. The van der Waals surface area contributed by atoms with Crippen LogP contribution in [0.5, 0.6) is 0 Å². The minimum atomic E-state index is -0.0524. The van der Waals surface area contributed by atoms with E-state index in [9.17, 15) is 4.79 Å². The number of hydrogen-bond donors (Lipinski definition) is 1. The normalized spacial score (nSPS) is 17.5. The fourth-order valence-electron chi connectivity index (χ4n) is 3.49. The Kier molecular flexibility index (Phi) is 5.83. The summed E-state index contributed by atoms with van der Waals surface area (Å²) in [5.74, 6) is 0.102. The number of nitrogens with two attached hydrogens (primary N) is 1. The number of likely N-dealkylation sites (N-methyl/N-ethyl adjacent to an activating group) is 1. The first-order valence-corrected chi connectivity index (χ1v) is 9.17. The van der Waals surface area contributed by atoms with Gasteiger partial charge in [-0.05, 0) is 44.9 Å². The maximum atomic E-state index is 12.8. The van der Waals surface area contributed by atoms with Crippen LogP contribution in [0.2, 0.25) is 0 Å². The molecule has 2 N–H and O–H groups in total. The molecule has 2 heterocycles. The molecular formula is C20H27N5O. The van der Waals surface area contributed by atoms with E-state index in [1.54, 1.807) is 6.07 Å². The van der Waals surface area contributed by atoms with Gasteiger partial charge in [0.05, 0.1) is 0 Å². The van der Waals surface area contributed by atoms with Crippen molar-refractivity contribution in [3.8, 4) is 0 Å². The van der Waals surface area contributed by atoms with E-state index in [4.69, 9.17) is 5.73 Å². The zero-order valence-corrected chi connectivity index (χ0v) is 15.6. The molecule has 6 heteroatoms. The number of rotatable bonds is 5. The van der Waals surface area contributed by atoms with Crippen LogP contribution in [0.15, 0.2) is 36.4 Å². The Morgan fingerprint density at radius 2 is 2.08 bits per heavy atom. The number of anilines is 1. The lowest BCUT2D eigenvalue weighted by Crippen LogP contribution is -2.49. The molecule has 1 unspecified atom stereocenters. The number of benzene rings is 1. The lowest BCUT2D eigenvalue weighted by atomic mass is 10.0. The van der Waals surface area contributed by atoms with E-state index in [0.717, 1.165) is 44.6 Å². The van der Waals surface area contributed by atoms with Crippen molar-refractivity contribution in [1.29, 1.82) is 0 Å². The van der Waals surface area contributed by atoms with Gasteiger partial charge in [0, 0.05) is 31.4 Å². The van der Waals surface area contributed by atoms with E-state index in [2.05, 4.69) is 46.2 Å². The molecule has 26 heavy (non-hydrogen) atoms. The number of piperidine rings is 1. The summed E-state index contributed by atoms with van der Waals surface area (Å²) in [6.45, 7) is 4.30. The van der Waals surface area contributed by atoms with Crippen LogP contribution in [0, 0.1) is 6.92 Å². The zero-order valence-electron chi connectivity index (χ0n) is 15.6. The average Bonchev–Trinajstić information content (AvgIpc) is 2.65. The standard InChI is InChI=1S/C20H27N5O/c1-15-13-18(23-20(21)22-15)19(26)25-11-6-9-17(14-25)24(2)12-10-16-7-4-3-5-8-16/h3-5,7-8,13,17H,6,9-12,14H2,1-2H3,(H2,21,22,23). The van der Waals surface area contributed by atoms with Gasteiger partial charge in [0.1, 0.15) is 5.69 Å². The Hall–Kier alpha value is -2.47. The highest BCUT2D eigenvalue weighted by atomic mass is 16.2. The van der Waals surface area contributed by atoms with Gasteiger partial charge in [-0.15, -0.1) is 0 Å². The summed E-state index contributed by atoms with van der Waals surface area (Å²) < 4.78 is 0. The first kappa shape index (κ1) is 18.3. The van der Waals surface area contributed by atoms with Crippen LogP contribution in [-0.2, 0) is 6.42 Å². The first-order chi connectivity index (χ1) is 12.5. The Bertz CT molecular complexity index is 729. The molecule has 3 rings (SSSR count). The van der Waals surface area contributed by atoms with Gasteiger partial charge in [0.25, 0.3) is 5.91 Å². The molecule has 1 saturated heterocycles. The number of likely N-dealkylation sites (tertiary alicyclic amines) is 1. The van der Waals surface area contributed by atoms with Gasteiger partial charge in [-0.1, -0.05) is 30.3 Å². The summed E-state index contributed by atoms with van der Waals surface area (Å²) in [6, 6.07) is 12.6. The number of nitrogen functional groups attached to an aromatic ring is 1. The fraction of sp³-hybridized carbons (Fsp3) is 0.450. The highest BCUT2D eigenvalue weighted by Gasteiger charge is 2.27. The SMILES string of the molecule is Cc1cc(C(=O)N2CCCC(N(C)CCc3ccccc3)C2)nc(N)n1. The van der Waals surface area contributed by atoms with Crippen LogP contribution in [0.3, 0.4) is 0 Å². The molecule has 1 aromatic heterocycles. The Balaban J connectivity index is 1.60. The van der Waals surface area contributed by atoms with Crippen molar-refractivity contribution >= 4 is 11.9 Å². The lowest BCUT2D eigenvalue weighted by Gasteiger charge is -2.37. The molecule has 1 aliphatic rings. The van der Waals surface area contributed by atoms with E-state index < -0.39 is 0 Å². The third kappa shape index (κ3) is 4.58. The van der Waals surface area contributed by atoms with Crippen molar-refractivity contribution in [3.05, 3.63) is 53.3 Å². The molecule has 138 valence electrons.